The number of hydrogen-bond donors (Lipinski definition) is 0. The van der Waals surface area contributed by atoms with Gasteiger partial charge in [-0.15, -0.1) is 0 Å². The van der Waals surface area contributed by atoms with Crippen molar-refractivity contribution in [2.24, 2.45) is 5.41 Å². The highest BCUT2D eigenvalue weighted by Gasteiger charge is 2.47. The lowest BCUT2D eigenvalue weighted by Crippen LogP contribution is -2.54. The molecule has 1 aromatic rings. The van der Waals surface area contributed by atoms with Gasteiger partial charge in [0.2, 0.25) is 11.8 Å². The molecule has 2 heterocycles. The highest BCUT2D eigenvalue weighted by Crippen LogP contribution is 2.47. The van der Waals surface area contributed by atoms with Gasteiger partial charge in [0.15, 0.2) is 0 Å². The zero-order valence-electron chi connectivity index (χ0n) is 15.0. The summed E-state index contributed by atoms with van der Waals surface area (Å²) in [5.41, 5.74) is 1.34. The van der Waals surface area contributed by atoms with E-state index in [0.29, 0.717) is 12.8 Å². The molecule has 1 aromatic carbocycles. The molecule has 4 heteroatoms. The van der Waals surface area contributed by atoms with Gasteiger partial charge >= 0.3 is 0 Å². The van der Waals surface area contributed by atoms with Crippen molar-refractivity contribution >= 4 is 11.8 Å². The third-order valence-corrected chi connectivity index (χ3v) is 6.43. The third kappa shape index (κ3) is 3.50. The first-order chi connectivity index (χ1) is 12.2. The maximum Gasteiger partial charge on any atom is 0.229 e. The Labute approximate surface area is 150 Å². The number of amides is 2. The Bertz CT molecular complexity index is 609. The number of hydrogen-bond acceptors (Lipinski definition) is 3. The summed E-state index contributed by atoms with van der Waals surface area (Å²) >= 11 is 0. The first-order valence-electron chi connectivity index (χ1n) is 9.76. The van der Waals surface area contributed by atoms with Gasteiger partial charge in [0.25, 0.3) is 0 Å². The molecule has 4 rings (SSSR count). The number of carbonyl (C=O) groups excluding carboxylic acids is 2. The third-order valence-electron chi connectivity index (χ3n) is 6.43. The minimum Gasteiger partial charge on any atom is -0.299 e. The Hall–Kier alpha value is -1.68. The Kier molecular flexibility index (Phi) is 4.63. The standard InChI is InChI=1S/C21H28N2O2/c24-19-14-21(10-4-5-11-21)15-20(25)23(19)18-8-12-22(13-9-18)16-17-6-2-1-3-7-17/h1-3,6-7,18H,4-5,8-16H2. The monoisotopic (exact) mass is 340 g/mol. The van der Waals surface area contributed by atoms with Gasteiger partial charge in [0.1, 0.15) is 0 Å². The molecule has 3 fully saturated rings. The Balaban J connectivity index is 1.34. The van der Waals surface area contributed by atoms with E-state index in [0.717, 1.165) is 45.3 Å². The number of imide groups is 1. The van der Waals surface area contributed by atoms with E-state index in [-0.39, 0.29) is 23.3 Å². The van der Waals surface area contributed by atoms with E-state index in [1.165, 1.54) is 18.4 Å². The summed E-state index contributed by atoms with van der Waals surface area (Å²) in [6.45, 7) is 2.88. The lowest BCUT2D eigenvalue weighted by Gasteiger charge is -2.43. The summed E-state index contributed by atoms with van der Waals surface area (Å²) in [5, 5.41) is 0. The summed E-state index contributed by atoms with van der Waals surface area (Å²) in [7, 11) is 0. The molecule has 1 aliphatic carbocycles. The van der Waals surface area contributed by atoms with Crippen molar-refractivity contribution in [1.82, 2.24) is 9.80 Å². The Morgan fingerprint density at radius 1 is 0.920 bits per heavy atom. The molecule has 2 aliphatic heterocycles. The van der Waals surface area contributed by atoms with E-state index >= 15 is 0 Å². The molecule has 134 valence electrons. The number of carbonyl (C=O) groups is 2. The smallest absolute Gasteiger partial charge is 0.229 e. The number of likely N-dealkylation sites (tertiary alicyclic amines) is 2. The van der Waals surface area contributed by atoms with Crippen LogP contribution >= 0.6 is 0 Å². The predicted octanol–water partition coefficient (Wildman–Crippen LogP) is 3.36. The first-order valence-corrected chi connectivity index (χ1v) is 9.76. The molecule has 0 radical (unpaired) electrons. The van der Waals surface area contributed by atoms with E-state index in [9.17, 15) is 9.59 Å². The normalized spacial score (nSPS) is 25.0. The minimum absolute atomic E-state index is 0.0126. The second-order valence-corrected chi connectivity index (χ2v) is 8.21. The lowest BCUT2D eigenvalue weighted by atomic mass is 9.75. The summed E-state index contributed by atoms with van der Waals surface area (Å²) < 4.78 is 0. The van der Waals surface area contributed by atoms with Crippen molar-refractivity contribution < 1.29 is 9.59 Å². The van der Waals surface area contributed by atoms with Crippen molar-refractivity contribution in [3.63, 3.8) is 0 Å². The first kappa shape index (κ1) is 16.8. The van der Waals surface area contributed by atoms with Crippen molar-refractivity contribution in [1.29, 1.82) is 0 Å². The van der Waals surface area contributed by atoms with Crippen LogP contribution in [0.25, 0.3) is 0 Å². The van der Waals surface area contributed by atoms with Crippen LogP contribution in [0.1, 0.15) is 56.9 Å². The molecule has 3 aliphatic rings. The Morgan fingerprint density at radius 3 is 2.12 bits per heavy atom. The molecule has 25 heavy (non-hydrogen) atoms. The molecule has 1 saturated carbocycles. The van der Waals surface area contributed by atoms with Crippen LogP contribution in [0.15, 0.2) is 30.3 Å². The average molecular weight is 340 g/mol. The second-order valence-electron chi connectivity index (χ2n) is 8.21. The van der Waals surface area contributed by atoms with Crippen LogP contribution in [0.2, 0.25) is 0 Å². The molecular formula is C21H28N2O2. The fraction of sp³-hybridized carbons (Fsp3) is 0.619. The molecule has 0 atom stereocenters. The SMILES string of the molecule is O=C1CC2(CCCC2)CC(=O)N1C1CCN(Cc2ccccc2)CC1. The van der Waals surface area contributed by atoms with Gasteiger partial charge in [0.05, 0.1) is 0 Å². The van der Waals surface area contributed by atoms with Gasteiger partial charge in [-0.1, -0.05) is 43.2 Å². The molecule has 1 spiro atoms. The largest absolute Gasteiger partial charge is 0.299 e. The van der Waals surface area contributed by atoms with Crippen LogP contribution in [0.3, 0.4) is 0 Å². The van der Waals surface area contributed by atoms with E-state index in [4.69, 9.17) is 0 Å². The van der Waals surface area contributed by atoms with Crippen LogP contribution in [0.5, 0.6) is 0 Å². The van der Waals surface area contributed by atoms with Crippen LogP contribution in [0, 0.1) is 5.41 Å². The molecule has 2 saturated heterocycles. The van der Waals surface area contributed by atoms with Gasteiger partial charge in [-0.05, 0) is 36.7 Å². The number of benzene rings is 1. The fourth-order valence-corrected chi connectivity index (χ4v) is 5.08. The number of nitrogens with zero attached hydrogens (tertiary/aromatic N) is 2. The quantitative estimate of drug-likeness (QED) is 0.792. The number of piperidine rings is 2. The van der Waals surface area contributed by atoms with Gasteiger partial charge in [-0.25, -0.2) is 0 Å². The van der Waals surface area contributed by atoms with E-state index < -0.39 is 0 Å². The maximum absolute atomic E-state index is 12.7. The van der Waals surface area contributed by atoms with E-state index in [1.807, 2.05) is 6.07 Å². The van der Waals surface area contributed by atoms with E-state index in [1.54, 1.807) is 4.90 Å². The van der Waals surface area contributed by atoms with E-state index in [2.05, 4.69) is 29.2 Å². The Morgan fingerprint density at radius 2 is 1.52 bits per heavy atom. The van der Waals surface area contributed by atoms with Crippen molar-refractivity contribution in [3.05, 3.63) is 35.9 Å². The highest BCUT2D eigenvalue weighted by molar-refractivity contribution is 5.99. The van der Waals surface area contributed by atoms with Crippen molar-refractivity contribution in [2.45, 2.75) is 64.0 Å². The number of rotatable bonds is 3. The predicted molar refractivity (Wildman–Crippen MR) is 96.7 cm³/mol. The molecule has 0 N–H and O–H groups in total. The lowest BCUT2D eigenvalue weighted by molar-refractivity contribution is -0.157. The second kappa shape index (κ2) is 6.91. The van der Waals surface area contributed by atoms with Gasteiger partial charge in [-0.3, -0.25) is 19.4 Å². The highest BCUT2D eigenvalue weighted by atomic mass is 16.2. The molecule has 0 unspecified atom stereocenters. The zero-order chi connectivity index (χ0) is 17.3. The molecule has 0 aromatic heterocycles. The summed E-state index contributed by atoms with van der Waals surface area (Å²) in [6.07, 6.45) is 7.51. The molecule has 2 amide bonds. The van der Waals surface area contributed by atoms with Crippen LogP contribution in [-0.4, -0.2) is 40.7 Å². The molecule has 0 bridgehead atoms. The van der Waals surface area contributed by atoms with Crippen LogP contribution in [-0.2, 0) is 16.1 Å². The summed E-state index contributed by atoms with van der Waals surface area (Å²) in [5.74, 6) is 0.194. The summed E-state index contributed by atoms with van der Waals surface area (Å²) in [4.78, 5) is 29.5. The van der Waals surface area contributed by atoms with Crippen molar-refractivity contribution in [3.8, 4) is 0 Å². The maximum atomic E-state index is 12.7. The fourth-order valence-electron chi connectivity index (χ4n) is 5.08. The summed E-state index contributed by atoms with van der Waals surface area (Å²) in [6, 6.07) is 10.6. The van der Waals surface area contributed by atoms with Crippen LogP contribution < -0.4 is 0 Å². The zero-order valence-corrected chi connectivity index (χ0v) is 15.0. The molecule has 4 nitrogen and oxygen atoms in total. The molecular weight excluding hydrogens is 312 g/mol. The van der Waals surface area contributed by atoms with Crippen molar-refractivity contribution in [2.75, 3.05) is 13.1 Å². The minimum atomic E-state index is 0.0126. The topological polar surface area (TPSA) is 40.6 Å². The van der Waals surface area contributed by atoms with Gasteiger partial charge in [0, 0.05) is 38.5 Å². The van der Waals surface area contributed by atoms with Gasteiger partial charge < -0.3 is 0 Å². The average Bonchev–Trinajstić information content (AvgIpc) is 3.04. The van der Waals surface area contributed by atoms with Gasteiger partial charge in [-0.2, -0.15) is 0 Å². The van der Waals surface area contributed by atoms with Crippen LogP contribution in [0.4, 0.5) is 0 Å².